The lowest BCUT2D eigenvalue weighted by Crippen LogP contribution is -2.58. The maximum absolute atomic E-state index is 13.1. The van der Waals surface area contributed by atoms with Crippen molar-refractivity contribution < 1.29 is 14.6 Å². The van der Waals surface area contributed by atoms with Crippen LogP contribution in [0, 0.1) is 0 Å². The molecule has 2 fully saturated rings. The molecule has 2 atom stereocenters. The molecular weight excluding hydrogens is 500 g/mol. The number of ether oxygens (including phenoxy) is 1. The number of piperidine rings is 1. The van der Waals surface area contributed by atoms with Gasteiger partial charge >= 0.3 is 0 Å². The van der Waals surface area contributed by atoms with Crippen molar-refractivity contribution in [3.05, 3.63) is 36.4 Å². The number of carbonyl (C=O) groups is 1. The normalized spacial score (nSPS) is 23.3. The van der Waals surface area contributed by atoms with Gasteiger partial charge in [0.15, 0.2) is 11.5 Å². The molecule has 0 unspecified atom stereocenters. The van der Waals surface area contributed by atoms with E-state index in [2.05, 4.69) is 24.9 Å². The molecule has 1 aromatic carbocycles. The standard InChI is InChI=1S/C26H34N10O3/c1-25(38)14-39-26(11-18(25)36-15-29-21-22(27)32-24(28)33-23(21)36)7-9-35(10-8-26)20(37)13-34(2)12-19-30-16-5-3-4-6-17(16)31-19/h3-6,15,18,38H,7-14H2,1-2H3,(H,30,31)(H4,27,28,32,33)/t18-,25-/m0/s1. The number of carbonyl (C=O) groups excluding carboxylic acids is 1. The van der Waals surface area contributed by atoms with Crippen molar-refractivity contribution in [3.63, 3.8) is 0 Å². The van der Waals surface area contributed by atoms with E-state index >= 15 is 0 Å². The molecule has 6 N–H and O–H groups in total. The molecule has 13 nitrogen and oxygen atoms in total. The number of likely N-dealkylation sites (tertiary alicyclic amines) is 1. The summed E-state index contributed by atoms with van der Waals surface area (Å²) in [7, 11) is 1.92. The number of aromatic amines is 1. The van der Waals surface area contributed by atoms with Gasteiger partial charge in [0.2, 0.25) is 11.9 Å². The van der Waals surface area contributed by atoms with E-state index in [1.54, 1.807) is 13.3 Å². The summed E-state index contributed by atoms with van der Waals surface area (Å²) < 4.78 is 8.13. The fourth-order valence-electron chi connectivity index (χ4n) is 5.84. The Morgan fingerprint density at radius 3 is 2.77 bits per heavy atom. The average Bonchev–Trinajstić information content (AvgIpc) is 3.49. The van der Waals surface area contributed by atoms with E-state index in [-0.39, 0.29) is 30.3 Å². The number of para-hydroxylation sites is 2. The summed E-state index contributed by atoms with van der Waals surface area (Å²) in [5.41, 5.74) is 13.1. The van der Waals surface area contributed by atoms with Gasteiger partial charge in [-0.15, -0.1) is 0 Å². The SMILES string of the molecule is CN(CC(=O)N1CCC2(CC1)C[C@H](n1cnc3c(N)nc(N)nc31)[C@@](C)(O)CO2)Cc1nc2ccccc2[nH]1. The fourth-order valence-corrected chi connectivity index (χ4v) is 5.84. The minimum absolute atomic E-state index is 0.0558. The summed E-state index contributed by atoms with van der Waals surface area (Å²) in [6.45, 7) is 3.92. The highest BCUT2D eigenvalue weighted by molar-refractivity contribution is 5.83. The van der Waals surface area contributed by atoms with E-state index < -0.39 is 11.2 Å². The van der Waals surface area contributed by atoms with Crippen molar-refractivity contribution >= 4 is 39.9 Å². The number of nitrogens with two attached hydrogens (primary N) is 2. The van der Waals surface area contributed by atoms with E-state index in [9.17, 15) is 9.90 Å². The van der Waals surface area contributed by atoms with Gasteiger partial charge in [-0.3, -0.25) is 9.69 Å². The number of likely N-dealkylation sites (N-methyl/N-ethyl adjacent to an activating group) is 1. The van der Waals surface area contributed by atoms with Gasteiger partial charge in [-0.2, -0.15) is 9.97 Å². The average molecular weight is 535 g/mol. The monoisotopic (exact) mass is 534 g/mol. The number of H-pyrrole nitrogens is 1. The number of rotatable bonds is 5. The van der Waals surface area contributed by atoms with Crippen LogP contribution in [-0.2, 0) is 16.1 Å². The van der Waals surface area contributed by atoms with Crippen molar-refractivity contribution in [2.24, 2.45) is 0 Å². The summed E-state index contributed by atoms with van der Waals surface area (Å²) in [5.74, 6) is 1.17. The molecular formula is C26H34N10O3. The molecule has 2 aliphatic rings. The Morgan fingerprint density at radius 1 is 1.23 bits per heavy atom. The number of nitrogen functional groups attached to an aromatic ring is 2. The van der Waals surface area contributed by atoms with Crippen LogP contribution in [0.25, 0.3) is 22.2 Å². The molecule has 0 saturated carbocycles. The first kappa shape index (κ1) is 25.5. The lowest BCUT2D eigenvalue weighted by atomic mass is 9.77. The molecule has 206 valence electrons. The minimum atomic E-state index is -1.15. The van der Waals surface area contributed by atoms with Gasteiger partial charge in [0, 0.05) is 19.5 Å². The van der Waals surface area contributed by atoms with Gasteiger partial charge < -0.3 is 35.8 Å². The second kappa shape index (κ2) is 9.43. The van der Waals surface area contributed by atoms with Crippen molar-refractivity contribution in [3.8, 4) is 0 Å². The van der Waals surface area contributed by atoms with E-state index in [1.165, 1.54) is 0 Å². The van der Waals surface area contributed by atoms with Gasteiger partial charge in [-0.25, -0.2) is 9.97 Å². The molecule has 0 bridgehead atoms. The molecule has 39 heavy (non-hydrogen) atoms. The number of fused-ring (bicyclic) bond motifs is 2. The first-order valence-electron chi connectivity index (χ1n) is 13.1. The maximum Gasteiger partial charge on any atom is 0.236 e. The minimum Gasteiger partial charge on any atom is -0.386 e. The topological polar surface area (TPSA) is 177 Å². The number of anilines is 2. The number of hydrogen-bond donors (Lipinski definition) is 4. The Morgan fingerprint density at radius 2 is 2.00 bits per heavy atom. The number of amides is 1. The highest BCUT2D eigenvalue weighted by Gasteiger charge is 2.50. The highest BCUT2D eigenvalue weighted by atomic mass is 16.5. The number of nitrogens with one attached hydrogen (secondary N) is 1. The maximum atomic E-state index is 13.1. The molecule has 6 rings (SSSR count). The summed E-state index contributed by atoms with van der Waals surface area (Å²) in [6, 6.07) is 7.53. The van der Waals surface area contributed by atoms with Crippen molar-refractivity contribution in [1.29, 1.82) is 0 Å². The van der Waals surface area contributed by atoms with Gasteiger partial charge in [0.05, 0.1) is 48.7 Å². The number of nitrogens with zero attached hydrogens (tertiary/aromatic N) is 7. The summed E-state index contributed by atoms with van der Waals surface area (Å²) in [4.78, 5) is 37.6. The predicted molar refractivity (Wildman–Crippen MR) is 145 cm³/mol. The lowest BCUT2D eigenvalue weighted by Gasteiger charge is -2.51. The predicted octanol–water partition coefficient (Wildman–Crippen LogP) is 1.07. The van der Waals surface area contributed by atoms with Gasteiger partial charge in [0.25, 0.3) is 0 Å². The Balaban J connectivity index is 1.11. The number of aliphatic hydroxyl groups is 1. The molecule has 1 spiro atoms. The van der Waals surface area contributed by atoms with Crippen molar-refractivity contribution in [2.45, 2.75) is 50.0 Å². The molecule has 0 aliphatic carbocycles. The molecule has 2 saturated heterocycles. The third-order valence-electron chi connectivity index (χ3n) is 8.05. The number of hydrogen-bond acceptors (Lipinski definition) is 10. The smallest absolute Gasteiger partial charge is 0.236 e. The molecule has 1 amide bonds. The molecule has 13 heteroatoms. The van der Waals surface area contributed by atoms with Crippen LogP contribution in [0.15, 0.2) is 30.6 Å². The van der Waals surface area contributed by atoms with Crippen LogP contribution >= 0.6 is 0 Å². The second-order valence-electron chi connectivity index (χ2n) is 11.1. The van der Waals surface area contributed by atoms with Crippen LogP contribution in [0.4, 0.5) is 11.8 Å². The van der Waals surface area contributed by atoms with Crippen LogP contribution in [-0.4, -0.2) is 94.8 Å². The second-order valence-corrected chi connectivity index (χ2v) is 11.1. The zero-order valence-electron chi connectivity index (χ0n) is 22.2. The Kier molecular flexibility index (Phi) is 6.16. The first-order chi connectivity index (χ1) is 18.6. The van der Waals surface area contributed by atoms with Crippen LogP contribution in [0.2, 0.25) is 0 Å². The molecule has 3 aromatic heterocycles. The van der Waals surface area contributed by atoms with Gasteiger partial charge in [-0.1, -0.05) is 12.1 Å². The van der Waals surface area contributed by atoms with Crippen LogP contribution in [0.1, 0.15) is 38.1 Å². The molecule has 4 aromatic rings. The van der Waals surface area contributed by atoms with E-state index in [4.69, 9.17) is 16.2 Å². The fraction of sp³-hybridized carbons (Fsp3) is 0.500. The molecule has 5 heterocycles. The van der Waals surface area contributed by atoms with E-state index in [0.717, 1.165) is 16.9 Å². The first-order valence-corrected chi connectivity index (χ1v) is 13.1. The van der Waals surface area contributed by atoms with Crippen LogP contribution in [0.5, 0.6) is 0 Å². The van der Waals surface area contributed by atoms with Crippen LogP contribution < -0.4 is 11.5 Å². The largest absolute Gasteiger partial charge is 0.386 e. The zero-order chi connectivity index (χ0) is 27.4. The zero-order valence-corrected chi connectivity index (χ0v) is 22.2. The van der Waals surface area contributed by atoms with E-state index in [1.807, 2.05) is 45.7 Å². The summed E-state index contributed by atoms with van der Waals surface area (Å²) in [6.07, 6.45) is 3.52. The third-order valence-corrected chi connectivity index (χ3v) is 8.05. The third kappa shape index (κ3) is 4.77. The Hall–Kier alpha value is -3.81. The van der Waals surface area contributed by atoms with Gasteiger partial charge in [0.1, 0.15) is 16.9 Å². The quantitative estimate of drug-likeness (QED) is 0.289. The number of imidazole rings is 2. The van der Waals surface area contributed by atoms with E-state index in [0.29, 0.717) is 56.6 Å². The Labute approximate surface area is 225 Å². The Bertz CT molecular complexity index is 1490. The molecule has 2 aliphatic heterocycles. The number of aromatic nitrogens is 6. The summed E-state index contributed by atoms with van der Waals surface area (Å²) in [5, 5.41) is 11.3. The van der Waals surface area contributed by atoms with Crippen molar-refractivity contribution in [2.75, 3.05) is 44.8 Å². The highest BCUT2D eigenvalue weighted by Crippen LogP contribution is 2.44. The number of benzene rings is 1. The van der Waals surface area contributed by atoms with Crippen molar-refractivity contribution in [1.82, 2.24) is 39.3 Å². The summed E-state index contributed by atoms with van der Waals surface area (Å²) >= 11 is 0. The lowest BCUT2D eigenvalue weighted by molar-refractivity contribution is -0.201. The van der Waals surface area contributed by atoms with Gasteiger partial charge in [-0.05, 0) is 38.9 Å². The molecule has 0 radical (unpaired) electrons. The van der Waals surface area contributed by atoms with Crippen LogP contribution in [0.3, 0.4) is 0 Å².